The molecular formula is C32H48N2Yb2+4. The molecule has 0 aromatic rings. The Bertz CT molecular complexity index is 248. The molecule has 4 aliphatic carbocycles. The third-order valence-electron chi connectivity index (χ3n) is 3.41. The Kier molecular flexibility index (Phi) is 48.4. The molecule has 0 aliphatic heterocycles. The second-order valence-electron chi connectivity index (χ2n) is 8.52. The van der Waals surface area contributed by atoms with Crippen LogP contribution in [-0.2, 0) is 0 Å². The minimum Gasteiger partial charge on any atom is -0.658 e. The van der Waals surface area contributed by atoms with Gasteiger partial charge in [0.1, 0.15) is 0 Å². The summed E-state index contributed by atoms with van der Waals surface area (Å²) in [6, 6.07) is 2.00. The van der Waals surface area contributed by atoms with Crippen molar-refractivity contribution in [1.29, 1.82) is 0 Å². The van der Waals surface area contributed by atoms with Crippen LogP contribution < -0.4 is 0 Å². The van der Waals surface area contributed by atoms with Gasteiger partial charge in [-0.3, -0.25) is 0 Å². The molecule has 4 aliphatic rings. The molecule has 0 aromatic carbocycles. The van der Waals surface area contributed by atoms with Crippen molar-refractivity contribution < 1.29 is 93.8 Å². The molecule has 4 saturated carbocycles. The second-order valence-corrected chi connectivity index (χ2v) is 8.52. The molecule has 0 unspecified atom stereocenters. The van der Waals surface area contributed by atoms with E-state index in [0.717, 1.165) is 0 Å². The number of rotatable bonds is 4. The molecule has 0 N–H and O–H groups in total. The number of hydrogen-bond donors (Lipinski definition) is 0. The zero-order chi connectivity index (χ0) is 25.9. The molecular weight excluding hydrogens is 758 g/mol. The standard InChI is InChI=1S/2C6H14N.4C5H5.2Yb/c2*1-5(2)7-6(3)4;4*1-2-4-5-3-1;;/h2*5-6H,1-4H3;4*1-5H;;/q2*-1;;;;;2*+3. The molecule has 4 heteroatoms. The quantitative estimate of drug-likeness (QED) is 0.273. The van der Waals surface area contributed by atoms with E-state index in [1.807, 2.05) is 128 Å². The van der Waals surface area contributed by atoms with E-state index in [1.54, 1.807) is 0 Å². The summed E-state index contributed by atoms with van der Waals surface area (Å²) in [4.78, 5) is 0. The summed E-state index contributed by atoms with van der Waals surface area (Å²) in [5.74, 6) is 0. The van der Waals surface area contributed by atoms with Crippen LogP contribution in [0.3, 0.4) is 0 Å². The van der Waals surface area contributed by atoms with Crippen LogP contribution in [0, 0.1) is 222 Å². The van der Waals surface area contributed by atoms with E-state index in [1.165, 1.54) is 0 Å². The largest absolute Gasteiger partial charge is 3.00 e. The average Bonchev–Trinajstić information content (AvgIpc) is 3.59. The van der Waals surface area contributed by atoms with Crippen molar-refractivity contribution in [3.05, 3.63) is 139 Å². The zero-order valence-corrected chi connectivity index (χ0v) is 26.7. The number of nitrogens with zero attached hydrogens (tertiary/aromatic N) is 2. The van der Waals surface area contributed by atoms with Crippen LogP contribution in [0.25, 0.3) is 10.6 Å². The minimum absolute atomic E-state index is 0. The van der Waals surface area contributed by atoms with E-state index in [4.69, 9.17) is 0 Å². The number of hydrogen-bond acceptors (Lipinski definition) is 0. The Labute approximate surface area is 308 Å². The van der Waals surface area contributed by atoms with Crippen LogP contribution >= 0.6 is 0 Å². The smallest absolute Gasteiger partial charge is 0.658 e. The van der Waals surface area contributed by atoms with Gasteiger partial charge in [0.05, 0.1) is 0 Å². The Morgan fingerprint density at radius 1 is 0.250 bits per heavy atom. The van der Waals surface area contributed by atoms with Crippen LogP contribution in [0.15, 0.2) is 0 Å². The van der Waals surface area contributed by atoms with E-state index >= 15 is 0 Å². The first-order valence-corrected chi connectivity index (χ1v) is 12.3. The Hall–Kier alpha value is 2.96. The van der Waals surface area contributed by atoms with E-state index in [-0.39, 0.29) is 93.8 Å². The van der Waals surface area contributed by atoms with Crippen molar-refractivity contribution in [3.63, 3.8) is 0 Å². The van der Waals surface area contributed by atoms with Gasteiger partial charge in [-0.2, -0.15) is 0 Å². The second kappa shape index (κ2) is 38.0. The van der Waals surface area contributed by atoms with Gasteiger partial charge in [-0.1, -0.05) is 55.4 Å². The summed E-state index contributed by atoms with van der Waals surface area (Å²) in [5.41, 5.74) is 0. The molecule has 2 nitrogen and oxygen atoms in total. The first-order chi connectivity index (χ1) is 16.3. The third-order valence-corrected chi connectivity index (χ3v) is 3.41. The van der Waals surface area contributed by atoms with Gasteiger partial charge in [-0.05, 0) is 128 Å². The van der Waals surface area contributed by atoms with Crippen molar-refractivity contribution >= 4 is 0 Å². The normalized spacial score (nSPS) is 17.7. The van der Waals surface area contributed by atoms with Crippen molar-refractivity contribution in [2.24, 2.45) is 0 Å². The first-order valence-electron chi connectivity index (χ1n) is 12.3. The van der Waals surface area contributed by atoms with Gasteiger partial charge in [-0.15, -0.1) is 24.2 Å². The van der Waals surface area contributed by atoms with Gasteiger partial charge in [0.15, 0.2) is 0 Å². The van der Waals surface area contributed by atoms with Gasteiger partial charge < -0.3 is 10.6 Å². The van der Waals surface area contributed by atoms with Gasteiger partial charge in [0, 0.05) is 0 Å². The molecule has 0 aromatic heterocycles. The molecule has 0 saturated heterocycles. The summed E-state index contributed by atoms with van der Waals surface area (Å²) < 4.78 is 0. The van der Waals surface area contributed by atoms with E-state index < -0.39 is 0 Å². The van der Waals surface area contributed by atoms with Crippen molar-refractivity contribution in [2.75, 3.05) is 0 Å². The Morgan fingerprint density at radius 3 is 0.361 bits per heavy atom. The summed E-state index contributed by atoms with van der Waals surface area (Å²) >= 11 is 0. The van der Waals surface area contributed by atoms with Gasteiger partial charge >= 0.3 is 93.8 Å². The molecule has 0 spiro atoms. The monoisotopic (exact) mass is 808 g/mol. The van der Waals surface area contributed by atoms with Crippen LogP contribution in [0.2, 0.25) is 0 Å². The SMILES string of the molecule is CC(C)[N-]C(C)C.CC(C)[N-]C(C)C.[CH]1[CH][CH][CH][CH]1.[CH]1[CH][CH][CH][CH]1.[CH]1[CH][CH][CH][CH]1.[CH]1[CH][CH][CH][CH]1.[Yb+3].[Yb+3]. The fourth-order valence-electron chi connectivity index (χ4n) is 2.48. The maximum absolute atomic E-state index is 4.28. The predicted molar refractivity (Wildman–Crippen MR) is 153 cm³/mol. The molecule has 0 bridgehead atoms. The molecule has 36 heavy (non-hydrogen) atoms. The summed E-state index contributed by atoms with van der Waals surface area (Å²) in [7, 11) is 0. The molecule has 22 radical (unpaired) electrons. The van der Waals surface area contributed by atoms with Gasteiger partial charge in [-0.25, -0.2) is 0 Å². The van der Waals surface area contributed by atoms with Crippen molar-refractivity contribution in [1.82, 2.24) is 0 Å². The van der Waals surface area contributed by atoms with Crippen molar-refractivity contribution in [2.45, 2.75) is 79.6 Å². The predicted octanol–water partition coefficient (Wildman–Crippen LogP) is 8.44. The molecule has 4 rings (SSSR count). The first kappa shape index (κ1) is 45.9. The van der Waals surface area contributed by atoms with E-state index in [2.05, 4.69) is 66.0 Å². The van der Waals surface area contributed by atoms with Crippen LogP contribution in [-0.4, -0.2) is 24.2 Å². The van der Waals surface area contributed by atoms with Gasteiger partial charge in [0.25, 0.3) is 0 Å². The van der Waals surface area contributed by atoms with Crippen molar-refractivity contribution in [3.8, 4) is 0 Å². The minimum atomic E-state index is 0. The fraction of sp³-hybridized carbons (Fsp3) is 0.375. The van der Waals surface area contributed by atoms with E-state index in [0.29, 0.717) is 24.2 Å². The molecule has 4 fully saturated rings. The molecule has 0 amide bonds. The van der Waals surface area contributed by atoms with Crippen LogP contribution in [0.4, 0.5) is 0 Å². The molecule has 0 heterocycles. The summed E-state index contributed by atoms with van der Waals surface area (Å²) in [6.45, 7) is 16.8. The Balaban J connectivity index is -0.000000169. The maximum Gasteiger partial charge on any atom is 3.00 e. The average molecular weight is 807 g/mol. The van der Waals surface area contributed by atoms with Gasteiger partial charge in [0.2, 0.25) is 0 Å². The fourth-order valence-corrected chi connectivity index (χ4v) is 2.48. The maximum atomic E-state index is 4.28. The summed E-state index contributed by atoms with van der Waals surface area (Å²) in [5, 5.41) is 8.56. The third kappa shape index (κ3) is 49.9. The Morgan fingerprint density at radius 2 is 0.333 bits per heavy atom. The van der Waals surface area contributed by atoms with Crippen LogP contribution in [0.5, 0.6) is 0 Å². The van der Waals surface area contributed by atoms with E-state index in [9.17, 15) is 0 Å². The van der Waals surface area contributed by atoms with Crippen LogP contribution in [0.1, 0.15) is 55.4 Å². The topological polar surface area (TPSA) is 28.2 Å². The summed E-state index contributed by atoms with van der Waals surface area (Å²) in [6.07, 6.45) is 40.0. The molecule has 210 valence electrons. The zero-order valence-electron chi connectivity index (χ0n) is 23.3. The molecule has 0 atom stereocenters.